The van der Waals surface area contributed by atoms with E-state index in [0.29, 0.717) is 36.9 Å². The first-order chi connectivity index (χ1) is 22.8. The highest BCUT2D eigenvalue weighted by atomic mass is 16.5. The molecule has 2 aromatic carbocycles. The van der Waals surface area contributed by atoms with E-state index in [1.165, 1.54) is 6.33 Å². The number of hydrogen-bond acceptors (Lipinski definition) is 11. The molecule has 14 heteroatoms. The van der Waals surface area contributed by atoms with Crippen LogP contribution in [0.1, 0.15) is 5.56 Å². The van der Waals surface area contributed by atoms with Crippen LogP contribution in [0.3, 0.4) is 0 Å². The number of hydrogen-bond donors (Lipinski definition) is 2. The molecule has 1 atom stereocenters. The zero-order valence-electron chi connectivity index (χ0n) is 26.3. The number of piperazine rings is 1. The van der Waals surface area contributed by atoms with E-state index in [2.05, 4.69) is 36.3 Å². The molecule has 0 unspecified atom stereocenters. The summed E-state index contributed by atoms with van der Waals surface area (Å²) in [5.41, 5.74) is 4.32. The van der Waals surface area contributed by atoms with Crippen molar-refractivity contribution in [2.24, 2.45) is 0 Å². The van der Waals surface area contributed by atoms with Crippen LogP contribution in [-0.2, 0) is 9.59 Å². The first-order valence-electron chi connectivity index (χ1n) is 15.0. The summed E-state index contributed by atoms with van der Waals surface area (Å²) >= 11 is 0. The summed E-state index contributed by atoms with van der Waals surface area (Å²) < 4.78 is 14.2. The molecule has 0 bridgehead atoms. The minimum Gasteiger partial charge on any atom is -0.488 e. The maximum atomic E-state index is 12.8. The Labute approximate surface area is 270 Å². The van der Waals surface area contributed by atoms with Gasteiger partial charge in [-0.25, -0.2) is 19.5 Å². The van der Waals surface area contributed by atoms with Crippen LogP contribution in [0.5, 0.6) is 17.2 Å². The minimum absolute atomic E-state index is 0.0406. The maximum absolute atomic E-state index is 12.8. The van der Waals surface area contributed by atoms with Gasteiger partial charge in [0.15, 0.2) is 11.4 Å². The number of anilines is 3. The number of aryl methyl sites for hydroxylation is 1. The van der Waals surface area contributed by atoms with Gasteiger partial charge in [-0.3, -0.25) is 9.59 Å². The average molecular weight is 638 g/mol. The Balaban J connectivity index is 0.00000124. The number of rotatable bonds is 7. The normalized spacial score (nSPS) is 15.5. The van der Waals surface area contributed by atoms with Gasteiger partial charge in [0.2, 0.25) is 5.91 Å². The minimum atomic E-state index is -0.250. The Hall–Kier alpha value is -5.76. The van der Waals surface area contributed by atoms with E-state index >= 15 is 0 Å². The molecule has 242 valence electrons. The molecule has 2 aliphatic rings. The molecule has 2 N–H and O–H groups in total. The third kappa shape index (κ3) is 6.77. The average Bonchev–Trinajstić information content (AvgIpc) is 3.54. The van der Waals surface area contributed by atoms with E-state index < -0.39 is 0 Å². The SMILES string of the molecule is Cc1cc(Nc2ncnc3ccc4c(c23)OC[C@@H]2CN(C(=O)/C=C/CN(C)C)CCN42)ccc1Oc1ccn2ncnc2c1.O=CO. The van der Waals surface area contributed by atoms with Crippen LogP contribution in [0.15, 0.2) is 73.5 Å². The maximum Gasteiger partial charge on any atom is 0.290 e. The molecule has 5 aromatic rings. The molecule has 3 aromatic heterocycles. The van der Waals surface area contributed by atoms with Crippen molar-refractivity contribution in [1.82, 2.24) is 34.4 Å². The van der Waals surface area contributed by atoms with E-state index in [0.717, 1.165) is 52.4 Å². The molecule has 0 saturated carbocycles. The second-order valence-corrected chi connectivity index (χ2v) is 11.4. The molecule has 1 saturated heterocycles. The van der Waals surface area contributed by atoms with Crippen LogP contribution in [0, 0.1) is 6.92 Å². The van der Waals surface area contributed by atoms with Crippen LogP contribution in [0.2, 0.25) is 0 Å². The van der Waals surface area contributed by atoms with Gasteiger partial charge in [0, 0.05) is 50.2 Å². The lowest BCUT2D eigenvalue weighted by atomic mass is 10.1. The summed E-state index contributed by atoms with van der Waals surface area (Å²) in [6, 6.07) is 13.8. The molecule has 1 fully saturated rings. The summed E-state index contributed by atoms with van der Waals surface area (Å²) in [4.78, 5) is 40.8. The van der Waals surface area contributed by atoms with Crippen molar-refractivity contribution in [3.8, 4) is 17.2 Å². The van der Waals surface area contributed by atoms with Crippen molar-refractivity contribution >= 4 is 46.1 Å². The summed E-state index contributed by atoms with van der Waals surface area (Å²) in [7, 11) is 3.96. The van der Waals surface area contributed by atoms with E-state index in [4.69, 9.17) is 19.4 Å². The predicted molar refractivity (Wildman–Crippen MR) is 177 cm³/mol. The molecule has 47 heavy (non-hydrogen) atoms. The molecule has 7 rings (SSSR count). The molecule has 5 heterocycles. The molecular formula is C33H35N9O5. The van der Waals surface area contributed by atoms with Gasteiger partial charge in [-0.2, -0.15) is 5.10 Å². The zero-order valence-corrected chi connectivity index (χ0v) is 26.3. The summed E-state index contributed by atoms with van der Waals surface area (Å²) in [6.07, 6.45) is 8.47. The van der Waals surface area contributed by atoms with Gasteiger partial charge in [-0.05, 0) is 63.0 Å². The van der Waals surface area contributed by atoms with Gasteiger partial charge >= 0.3 is 0 Å². The largest absolute Gasteiger partial charge is 0.488 e. The second-order valence-electron chi connectivity index (χ2n) is 11.4. The van der Waals surface area contributed by atoms with Crippen LogP contribution in [-0.4, -0.2) is 105 Å². The molecule has 0 aliphatic carbocycles. The van der Waals surface area contributed by atoms with E-state index in [-0.39, 0.29) is 18.4 Å². The van der Waals surface area contributed by atoms with E-state index in [9.17, 15) is 4.79 Å². The standard InChI is InChI=1S/C32H33N9O3.CH2O2/c1-21-15-22(6-9-27(21)44-24-10-12-41-28(16-24)34-20-36-41)37-32-30-25(33-19-35-32)7-8-26-31(30)43-18-23-17-39(13-14-40(23)26)29(42)5-4-11-38(2)3;2-1-3/h4-10,12,15-16,19-20,23H,11,13-14,17-18H2,1-3H3,(H,33,35,37);1H,(H,2,3)/b5-4+;/t23-;/m0./s1. The van der Waals surface area contributed by atoms with Crippen LogP contribution in [0.25, 0.3) is 16.6 Å². The highest BCUT2D eigenvalue weighted by Crippen LogP contribution is 2.43. The highest BCUT2D eigenvalue weighted by molar-refractivity contribution is 6.00. The Kier molecular flexibility index (Phi) is 9.11. The molecule has 0 radical (unpaired) electrons. The van der Waals surface area contributed by atoms with Gasteiger partial charge < -0.3 is 34.6 Å². The Morgan fingerprint density at radius 2 is 1.98 bits per heavy atom. The molecule has 2 aliphatic heterocycles. The van der Waals surface area contributed by atoms with Crippen molar-refractivity contribution in [3.63, 3.8) is 0 Å². The third-order valence-corrected chi connectivity index (χ3v) is 7.91. The second kappa shape index (κ2) is 13.7. The number of amides is 1. The Morgan fingerprint density at radius 3 is 2.79 bits per heavy atom. The summed E-state index contributed by atoms with van der Waals surface area (Å²) in [6.45, 7) is 4.94. The van der Waals surface area contributed by atoms with E-state index in [1.807, 2.05) is 79.5 Å². The van der Waals surface area contributed by atoms with Gasteiger partial charge in [0.05, 0.1) is 22.6 Å². The van der Waals surface area contributed by atoms with Crippen molar-refractivity contribution in [3.05, 3.63) is 79.0 Å². The van der Waals surface area contributed by atoms with Gasteiger partial charge in [-0.1, -0.05) is 6.08 Å². The fourth-order valence-electron chi connectivity index (χ4n) is 5.71. The monoisotopic (exact) mass is 637 g/mol. The van der Waals surface area contributed by atoms with Crippen molar-refractivity contribution in [2.45, 2.75) is 13.0 Å². The molecule has 0 spiro atoms. The fourth-order valence-corrected chi connectivity index (χ4v) is 5.71. The lowest BCUT2D eigenvalue weighted by molar-refractivity contribution is -0.127. The number of nitrogens with one attached hydrogen (secondary N) is 1. The van der Waals surface area contributed by atoms with Gasteiger partial charge in [-0.15, -0.1) is 0 Å². The number of carbonyl (C=O) groups is 2. The highest BCUT2D eigenvalue weighted by Gasteiger charge is 2.35. The number of nitrogens with zero attached hydrogens (tertiary/aromatic N) is 8. The van der Waals surface area contributed by atoms with Crippen LogP contribution >= 0.6 is 0 Å². The molecule has 14 nitrogen and oxygen atoms in total. The van der Waals surface area contributed by atoms with Crippen molar-refractivity contribution < 1.29 is 24.2 Å². The first kappa shape index (κ1) is 31.2. The molecular weight excluding hydrogens is 602 g/mol. The van der Waals surface area contributed by atoms with Crippen molar-refractivity contribution in [2.75, 3.05) is 57.1 Å². The number of carbonyl (C=O) groups excluding carboxylic acids is 1. The Morgan fingerprint density at radius 1 is 1.13 bits per heavy atom. The number of benzene rings is 2. The van der Waals surface area contributed by atoms with Crippen molar-refractivity contribution in [1.29, 1.82) is 0 Å². The van der Waals surface area contributed by atoms with Gasteiger partial charge in [0.25, 0.3) is 6.47 Å². The van der Waals surface area contributed by atoms with Crippen LogP contribution < -0.4 is 19.7 Å². The predicted octanol–water partition coefficient (Wildman–Crippen LogP) is 3.75. The summed E-state index contributed by atoms with van der Waals surface area (Å²) in [5.74, 6) is 2.89. The zero-order chi connectivity index (χ0) is 32.9. The number of aromatic nitrogens is 5. The quantitative estimate of drug-likeness (QED) is 0.198. The smallest absolute Gasteiger partial charge is 0.290 e. The number of carboxylic acid groups (broad SMARTS) is 1. The van der Waals surface area contributed by atoms with Gasteiger partial charge in [0.1, 0.15) is 36.6 Å². The first-order valence-corrected chi connectivity index (χ1v) is 15.0. The molecule has 1 amide bonds. The number of ether oxygens (including phenoxy) is 2. The fraction of sp³-hybridized carbons (Fsp3) is 0.273. The third-order valence-electron chi connectivity index (χ3n) is 7.91. The van der Waals surface area contributed by atoms with E-state index in [1.54, 1.807) is 16.9 Å². The number of likely N-dealkylation sites (N-methyl/N-ethyl adjacent to an activating group) is 1. The lowest BCUT2D eigenvalue weighted by Crippen LogP contribution is -2.58. The Bertz CT molecular complexity index is 1940. The number of pyridine rings is 1. The number of fused-ring (bicyclic) bond motifs is 6. The van der Waals surface area contributed by atoms with Crippen LogP contribution in [0.4, 0.5) is 17.2 Å². The topological polar surface area (TPSA) is 151 Å². The summed E-state index contributed by atoms with van der Waals surface area (Å²) in [5, 5.41) is 15.3. The lowest BCUT2D eigenvalue weighted by Gasteiger charge is -2.45.